The molecule has 2 aromatic rings. The first-order valence-electron chi connectivity index (χ1n) is 6.54. The molecule has 20 heavy (non-hydrogen) atoms. The fourth-order valence-electron chi connectivity index (χ4n) is 1.88. The minimum atomic E-state index is -0.970. The van der Waals surface area contributed by atoms with Crippen LogP contribution in [0.1, 0.15) is 18.1 Å². The van der Waals surface area contributed by atoms with E-state index in [1.54, 1.807) is 6.07 Å². The third kappa shape index (κ3) is 3.33. The van der Waals surface area contributed by atoms with Gasteiger partial charge < -0.3 is 10.1 Å². The molecule has 0 heterocycles. The summed E-state index contributed by atoms with van der Waals surface area (Å²) in [6, 6.07) is 9.37. The summed E-state index contributed by atoms with van der Waals surface area (Å²) >= 11 is 0. The maximum absolute atomic E-state index is 13.5. The van der Waals surface area contributed by atoms with Crippen molar-refractivity contribution in [3.05, 3.63) is 59.2 Å². The lowest BCUT2D eigenvalue weighted by Crippen LogP contribution is -2.12. The Morgan fingerprint density at radius 1 is 1.15 bits per heavy atom. The minimum Gasteiger partial charge on any atom is -0.454 e. The molecule has 2 nitrogen and oxygen atoms in total. The van der Waals surface area contributed by atoms with Gasteiger partial charge in [-0.3, -0.25) is 0 Å². The minimum absolute atomic E-state index is 0.108. The van der Waals surface area contributed by atoms with E-state index in [1.807, 2.05) is 26.0 Å². The van der Waals surface area contributed by atoms with Gasteiger partial charge in [-0.1, -0.05) is 19.1 Å². The van der Waals surface area contributed by atoms with Crippen LogP contribution in [-0.2, 0) is 6.54 Å². The summed E-state index contributed by atoms with van der Waals surface area (Å²) in [5.41, 5.74) is 2.19. The number of ether oxygens (including phenoxy) is 1. The molecule has 0 bridgehead atoms. The van der Waals surface area contributed by atoms with Crippen LogP contribution in [0.15, 0.2) is 36.4 Å². The lowest BCUT2D eigenvalue weighted by atomic mass is 10.1. The molecule has 0 saturated heterocycles. The SMILES string of the molecule is CCNCc1ccc(Oc2cccc(F)c2F)cc1C. The highest BCUT2D eigenvalue weighted by atomic mass is 19.2. The smallest absolute Gasteiger partial charge is 0.201 e. The van der Waals surface area contributed by atoms with Gasteiger partial charge in [-0.15, -0.1) is 0 Å². The van der Waals surface area contributed by atoms with Crippen LogP contribution in [0.2, 0.25) is 0 Å². The zero-order valence-corrected chi connectivity index (χ0v) is 11.5. The summed E-state index contributed by atoms with van der Waals surface area (Å²) in [4.78, 5) is 0. The van der Waals surface area contributed by atoms with E-state index in [9.17, 15) is 8.78 Å². The van der Waals surface area contributed by atoms with Crippen molar-refractivity contribution in [1.29, 1.82) is 0 Å². The molecular weight excluding hydrogens is 260 g/mol. The molecule has 106 valence electrons. The number of nitrogens with one attached hydrogen (secondary N) is 1. The number of benzene rings is 2. The molecule has 0 aliphatic carbocycles. The van der Waals surface area contributed by atoms with Gasteiger partial charge in [0.2, 0.25) is 5.82 Å². The Balaban J connectivity index is 2.18. The Hall–Kier alpha value is -1.94. The second kappa shape index (κ2) is 6.48. The molecule has 0 unspecified atom stereocenters. The van der Waals surface area contributed by atoms with Crippen molar-refractivity contribution in [2.24, 2.45) is 0 Å². The molecule has 2 rings (SSSR count). The normalized spacial score (nSPS) is 10.6. The van der Waals surface area contributed by atoms with E-state index in [1.165, 1.54) is 12.1 Å². The Morgan fingerprint density at radius 2 is 1.95 bits per heavy atom. The van der Waals surface area contributed by atoms with Crippen LogP contribution in [0.4, 0.5) is 8.78 Å². The maximum Gasteiger partial charge on any atom is 0.201 e. The van der Waals surface area contributed by atoms with E-state index in [0.717, 1.165) is 30.3 Å². The second-order valence-corrected chi connectivity index (χ2v) is 4.52. The molecular formula is C16H17F2NO. The highest BCUT2D eigenvalue weighted by Crippen LogP contribution is 2.27. The van der Waals surface area contributed by atoms with Crippen LogP contribution >= 0.6 is 0 Å². The summed E-state index contributed by atoms with van der Waals surface area (Å²) in [7, 11) is 0. The van der Waals surface area contributed by atoms with Crippen molar-refractivity contribution in [1.82, 2.24) is 5.32 Å². The van der Waals surface area contributed by atoms with Crippen LogP contribution in [0.25, 0.3) is 0 Å². The molecule has 0 saturated carbocycles. The van der Waals surface area contributed by atoms with Gasteiger partial charge in [0.25, 0.3) is 0 Å². The molecule has 0 radical (unpaired) electrons. The molecule has 4 heteroatoms. The van der Waals surface area contributed by atoms with Gasteiger partial charge in [-0.2, -0.15) is 4.39 Å². The summed E-state index contributed by atoms with van der Waals surface area (Å²) in [5, 5.41) is 3.24. The van der Waals surface area contributed by atoms with Crippen LogP contribution in [0, 0.1) is 18.6 Å². The van der Waals surface area contributed by atoms with Crippen molar-refractivity contribution >= 4 is 0 Å². The van der Waals surface area contributed by atoms with Crippen molar-refractivity contribution in [3.63, 3.8) is 0 Å². The van der Waals surface area contributed by atoms with Crippen LogP contribution in [0.5, 0.6) is 11.5 Å². The average molecular weight is 277 g/mol. The lowest BCUT2D eigenvalue weighted by Gasteiger charge is -2.11. The summed E-state index contributed by atoms with van der Waals surface area (Å²) in [6.45, 7) is 5.67. The van der Waals surface area contributed by atoms with Crippen molar-refractivity contribution in [2.45, 2.75) is 20.4 Å². The highest BCUT2D eigenvalue weighted by molar-refractivity contribution is 5.38. The first kappa shape index (κ1) is 14.5. The first-order valence-corrected chi connectivity index (χ1v) is 6.54. The van der Waals surface area contributed by atoms with Crippen LogP contribution in [-0.4, -0.2) is 6.54 Å². The lowest BCUT2D eigenvalue weighted by molar-refractivity contribution is 0.415. The van der Waals surface area contributed by atoms with Crippen LogP contribution in [0.3, 0.4) is 0 Å². The van der Waals surface area contributed by atoms with E-state index in [-0.39, 0.29) is 5.75 Å². The molecule has 0 spiro atoms. The van der Waals surface area contributed by atoms with E-state index in [2.05, 4.69) is 5.32 Å². The zero-order valence-electron chi connectivity index (χ0n) is 11.5. The zero-order chi connectivity index (χ0) is 14.5. The molecule has 0 aliphatic heterocycles. The van der Waals surface area contributed by atoms with Crippen molar-refractivity contribution in [3.8, 4) is 11.5 Å². The van der Waals surface area contributed by atoms with E-state index >= 15 is 0 Å². The highest BCUT2D eigenvalue weighted by Gasteiger charge is 2.10. The first-order chi connectivity index (χ1) is 9.61. The largest absolute Gasteiger partial charge is 0.454 e. The molecule has 0 fully saturated rings. The van der Waals surface area contributed by atoms with E-state index in [0.29, 0.717) is 5.75 Å². The van der Waals surface area contributed by atoms with Crippen LogP contribution < -0.4 is 10.1 Å². The fraction of sp³-hybridized carbons (Fsp3) is 0.250. The number of halogens is 2. The molecule has 0 aromatic heterocycles. The molecule has 0 atom stereocenters. The van der Waals surface area contributed by atoms with Gasteiger partial charge in [0.1, 0.15) is 5.75 Å². The Kier molecular flexibility index (Phi) is 4.69. The number of rotatable bonds is 5. The van der Waals surface area contributed by atoms with Gasteiger partial charge in [-0.05, 0) is 48.9 Å². The molecule has 2 aromatic carbocycles. The predicted molar refractivity (Wildman–Crippen MR) is 75.0 cm³/mol. The third-order valence-corrected chi connectivity index (χ3v) is 3.02. The van der Waals surface area contributed by atoms with Gasteiger partial charge >= 0.3 is 0 Å². The summed E-state index contributed by atoms with van der Waals surface area (Å²) < 4.78 is 32.0. The summed E-state index contributed by atoms with van der Waals surface area (Å²) in [5.74, 6) is -1.50. The maximum atomic E-state index is 13.5. The summed E-state index contributed by atoms with van der Waals surface area (Å²) in [6.07, 6.45) is 0. The van der Waals surface area contributed by atoms with Crippen molar-refractivity contribution < 1.29 is 13.5 Å². The van der Waals surface area contributed by atoms with E-state index in [4.69, 9.17) is 4.74 Å². The fourth-order valence-corrected chi connectivity index (χ4v) is 1.88. The Labute approximate surface area is 117 Å². The van der Waals surface area contributed by atoms with Crippen molar-refractivity contribution in [2.75, 3.05) is 6.54 Å². The predicted octanol–water partition coefficient (Wildman–Crippen LogP) is 4.18. The standard InChI is InChI=1S/C16H17F2NO/c1-3-19-10-12-7-8-13(9-11(12)2)20-15-6-4-5-14(17)16(15)18/h4-9,19H,3,10H2,1-2H3. The molecule has 1 N–H and O–H groups in total. The topological polar surface area (TPSA) is 21.3 Å². The third-order valence-electron chi connectivity index (χ3n) is 3.02. The van der Waals surface area contributed by atoms with Gasteiger partial charge in [0, 0.05) is 6.54 Å². The number of hydrogen-bond acceptors (Lipinski definition) is 2. The van der Waals surface area contributed by atoms with Gasteiger partial charge in [0.15, 0.2) is 11.6 Å². The Bertz CT molecular complexity index is 599. The number of aryl methyl sites for hydroxylation is 1. The molecule has 0 aliphatic rings. The molecule has 0 amide bonds. The number of hydrogen-bond donors (Lipinski definition) is 1. The second-order valence-electron chi connectivity index (χ2n) is 4.52. The van der Waals surface area contributed by atoms with E-state index < -0.39 is 11.6 Å². The van der Waals surface area contributed by atoms with Gasteiger partial charge in [0.05, 0.1) is 0 Å². The quantitative estimate of drug-likeness (QED) is 0.885. The monoisotopic (exact) mass is 277 g/mol. The van der Waals surface area contributed by atoms with Gasteiger partial charge in [-0.25, -0.2) is 4.39 Å². The average Bonchev–Trinajstić information content (AvgIpc) is 2.43. The Morgan fingerprint density at radius 3 is 2.65 bits per heavy atom.